The fourth-order valence-corrected chi connectivity index (χ4v) is 2.91. The first kappa shape index (κ1) is 16.5. The molecule has 1 saturated carbocycles. The van der Waals surface area contributed by atoms with Gasteiger partial charge in [-0.05, 0) is 37.0 Å². The molecule has 120 valence electrons. The van der Waals surface area contributed by atoms with Gasteiger partial charge in [0.25, 0.3) is 0 Å². The summed E-state index contributed by atoms with van der Waals surface area (Å²) in [6.07, 6.45) is 1.57. The number of carboxylic acids is 1. The van der Waals surface area contributed by atoms with E-state index in [9.17, 15) is 14.0 Å². The van der Waals surface area contributed by atoms with Crippen LogP contribution in [0.5, 0.6) is 0 Å². The van der Waals surface area contributed by atoms with Crippen LogP contribution in [0, 0.1) is 17.7 Å². The number of hydrogen-bond donors (Lipinski definition) is 2. The Morgan fingerprint density at radius 1 is 1.32 bits per heavy atom. The minimum absolute atomic E-state index is 0.103. The summed E-state index contributed by atoms with van der Waals surface area (Å²) >= 11 is 0. The van der Waals surface area contributed by atoms with Crippen LogP contribution in [0.25, 0.3) is 0 Å². The minimum atomic E-state index is -0.824. The second kappa shape index (κ2) is 6.46. The van der Waals surface area contributed by atoms with Crippen molar-refractivity contribution in [3.63, 3.8) is 0 Å². The molecule has 2 N–H and O–H groups in total. The van der Waals surface area contributed by atoms with Crippen LogP contribution in [-0.2, 0) is 15.0 Å². The number of aliphatic carboxylic acids is 1. The quantitative estimate of drug-likeness (QED) is 0.879. The number of hydrogen-bond acceptors (Lipinski definition) is 2. The van der Waals surface area contributed by atoms with Gasteiger partial charge >= 0.3 is 5.97 Å². The Hall–Kier alpha value is -1.91. The Balaban J connectivity index is 1.92. The zero-order chi connectivity index (χ0) is 16.3. The van der Waals surface area contributed by atoms with Gasteiger partial charge in [-0.15, -0.1) is 0 Å². The second-order valence-corrected chi connectivity index (χ2v) is 6.66. The van der Waals surface area contributed by atoms with Crippen LogP contribution in [0.1, 0.15) is 38.7 Å². The monoisotopic (exact) mass is 307 g/mol. The van der Waals surface area contributed by atoms with Crippen molar-refractivity contribution < 1.29 is 19.1 Å². The topological polar surface area (TPSA) is 66.4 Å². The first-order valence-electron chi connectivity index (χ1n) is 7.56. The number of carboxylic acid groups (broad SMARTS) is 1. The van der Waals surface area contributed by atoms with Gasteiger partial charge in [0.1, 0.15) is 5.82 Å². The van der Waals surface area contributed by atoms with E-state index in [2.05, 4.69) is 5.32 Å². The van der Waals surface area contributed by atoms with E-state index in [-0.39, 0.29) is 23.1 Å². The highest BCUT2D eigenvalue weighted by atomic mass is 19.1. The third-order valence-corrected chi connectivity index (χ3v) is 4.46. The molecular formula is C17H22FNO3. The number of nitrogens with one attached hydrogen (secondary N) is 1. The van der Waals surface area contributed by atoms with Gasteiger partial charge in [-0.3, -0.25) is 9.59 Å². The van der Waals surface area contributed by atoms with Crippen molar-refractivity contribution in [2.24, 2.45) is 11.8 Å². The van der Waals surface area contributed by atoms with Crippen molar-refractivity contribution in [2.45, 2.75) is 38.5 Å². The van der Waals surface area contributed by atoms with Gasteiger partial charge in [-0.25, -0.2) is 4.39 Å². The average molecular weight is 307 g/mol. The highest BCUT2D eigenvalue weighted by molar-refractivity contribution is 5.80. The zero-order valence-electron chi connectivity index (χ0n) is 12.9. The SMILES string of the molecule is CC(C)(CNC(=O)[C@@H]1CC[C@H](C(=O)O)C1)c1cccc(F)c1. The summed E-state index contributed by atoms with van der Waals surface area (Å²) in [4.78, 5) is 23.1. The van der Waals surface area contributed by atoms with E-state index >= 15 is 0 Å². The molecule has 1 aromatic rings. The van der Waals surface area contributed by atoms with E-state index in [1.807, 2.05) is 19.9 Å². The predicted molar refractivity (Wildman–Crippen MR) is 80.9 cm³/mol. The van der Waals surface area contributed by atoms with Gasteiger partial charge in [-0.2, -0.15) is 0 Å². The number of halogens is 1. The number of amides is 1. The zero-order valence-corrected chi connectivity index (χ0v) is 12.9. The first-order valence-corrected chi connectivity index (χ1v) is 7.56. The molecular weight excluding hydrogens is 285 g/mol. The lowest BCUT2D eigenvalue weighted by Gasteiger charge is -2.26. The highest BCUT2D eigenvalue weighted by Gasteiger charge is 2.34. The maximum atomic E-state index is 13.3. The molecule has 2 rings (SSSR count). The lowest BCUT2D eigenvalue weighted by Crippen LogP contribution is -2.39. The van der Waals surface area contributed by atoms with Crippen molar-refractivity contribution in [1.82, 2.24) is 5.32 Å². The summed E-state index contributed by atoms with van der Waals surface area (Å²) in [6, 6.07) is 6.36. The molecule has 0 saturated heterocycles. The van der Waals surface area contributed by atoms with E-state index in [0.717, 1.165) is 5.56 Å². The minimum Gasteiger partial charge on any atom is -0.481 e. The maximum absolute atomic E-state index is 13.3. The summed E-state index contributed by atoms with van der Waals surface area (Å²) < 4.78 is 13.3. The molecule has 4 nitrogen and oxygen atoms in total. The Kier molecular flexibility index (Phi) is 4.84. The summed E-state index contributed by atoms with van der Waals surface area (Å²) in [5.41, 5.74) is 0.436. The normalized spacial score (nSPS) is 21.6. The fraction of sp³-hybridized carbons (Fsp3) is 0.529. The largest absolute Gasteiger partial charge is 0.481 e. The average Bonchev–Trinajstić information content (AvgIpc) is 2.95. The first-order chi connectivity index (χ1) is 10.3. The van der Waals surface area contributed by atoms with Crippen molar-refractivity contribution in [2.75, 3.05) is 6.54 Å². The molecule has 0 aliphatic heterocycles. The Morgan fingerprint density at radius 3 is 2.59 bits per heavy atom. The van der Waals surface area contributed by atoms with Crippen LogP contribution in [0.15, 0.2) is 24.3 Å². The molecule has 1 aliphatic rings. The Morgan fingerprint density at radius 2 is 2.00 bits per heavy atom. The second-order valence-electron chi connectivity index (χ2n) is 6.66. The molecule has 1 aromatic carbocycles. The Labute approximate surface area is 129 Å². The van der Waals surface area contributed by atoms with E-state index in [1.54, 1.807) is 6.07 Å². The number of carbonyl (C=O) groups is 2. The summed E-state index contributed by atoms with van der Waals surface area (Å²) in [5, 5.41) is 11.9. The molecule has 1 fully saturated rings. The van der Waals surface area contributed by atoms with E-state index in [4.69, 9.17) is 5.11 Å². The van der Waals surface area contributed by atoms with Crippen molar-refractivity contribution >= 4 is 11.9 Å². The van der Waals surface area contributed by atoms with Crippen LogP contribution in [-0.4, -0.2) is 23.5 Å². The molecule has 0 unspecified atom stereocenters. The van der Waals surface area contributed by atoms with Crippen LogP contribution in [0.4, 0.5) is 4.39 Å². The summed E-state index contributed by atoms with van der Waals surface area (Å²) in [7, 11) is 0. The number of carbonyl (C=O) groups excluding carboxylic acids is 1. The van der Waals surface area contributed by atoms with E-state index < -0.39 is 11.9 Å². The summed E-state index contributed by atoms with van der Waals surface area (Å²) in [5.74, 6) is -1.86. The van der Waals surface area contributed by atoms with Gasteiger partial charge in [0.2, 0.25) is 5.91 Å². The maximum Gasteiger partial charge on any atom is 0.306 e. The lowest BCUT2D eigenvalue weighted by molar-refractivity contribution is -0.141. The van der Waals surface area contributed by atoms with Gasteiger partial charge in [0, 0.05) is 17.9 Å². The van der Waals surface area contributed by atoms with Crippen LogP contribution in [0.3, 0.4) is 0 Å². The van der Waals surface area contributed by atoms with Gasteiger partial charge in [0.15, 0.2) is 0 Å². The molecule has 1 amide bonds. The molecule has 0 bridgehead atoms. The van der Waals surface area contributed by atoms with Crippen LogP contribution >= 0.6 is 0 Å². The van der Waals surface area contributed by atoms with Crippen molar-refractivity contribution in [3.05, 3.63) is 35.6 Å². The molecule has 0 aromatic heterocycles. The van der Waals surface area contributed by atoms with Crippen molar-refractivity contribution in [3.8, 4) is 0 Å². The van der Waals surface area contributed by atoms with Gasteiger partial charge < -0.3 is 10.4 Å². The summed E-state index contributed by atoms with van der Waals surface area (Å²) in [6.45, 7) is 4.27. The predicted octanol–water partition coefficient (Wildman–Crippen LogP) is 2.72. The third kappa shape index (κ3) is 3.84. The number of rotatable bonds is 5. The third-order valence-electron chi connectivity index (χ3n) is 4.46. The molecule has 1 aliphatic carbocycles. The van der Waals surface area contributed by atoms with Gasteiger partial charge in [-0.1, -0.05) is 26.0 Å². The van der Waals surface area contributed by atoms with Crippen molar-refractivity contribution in [1.29, 1.82) is 0 Å². The van der Waals surface area contributed by atoms with E-state index in [1.165, 1.54) is 12.1 Å². The molecule has 0 spiro atoms. The van der Waals surface area contributed by atoms with E-state index in [0.29, 0.717) is 25.8 Å². The molecule has 0 radical (unpaired) electrons. The smallest absolute Gasteiger partial charge is 0.306 e. The lowest BCUT2D eigenvalue weighted by atomic mass is 9.84. The number of benzene rings is 1. The van der Waals surface area contributed by atoms with Gasteiger partial charge in [0.05, 0.1) is 5.92 Å². The molecule has 5 heteroatoms. The molecule has 0 heterocycles. The highest BCUT2D eigenvalue weighted by Crippen LogP contribution is 2.31. The molecule has 22 heavy (non-hydrogen) atoms. The van der Waals surface area contributed by atoms with Crippen LogP contribution in [0.2, 0.25) is 0 Å². The standard InChI is InChI=1S/C17H22FNO3/c1-17(2,13-4-3-5-14(18)9-13)10-19-15(20)11-6-7-12(8-11)16(21)22/h3-5,9,11-12H,6-8,10H2,1-2H3,(H,19,20)(H,21,22)/t11-,12+/m1/s1. The Bertz CT molecular complexity index is 571. The molecule has 2 atom stereocenters. The fourth-order valence-electron chi connectivity index (χ4n) is 2.91. The van der Waals surface area contributed by atoms with Crippen LogP contribution < -0.4 is 5.32 Å².